The highest BCUT2D eigenvalue weighted by Crippen LogP contribution is 2.35. The number of carbonyl (C=O) groups is 1. The Hall–Kier alpha value is -2.12. The topological polar surface area (TPSA) is 35.9 Å². The Labute approximate surface area is 176 Å². The molecule has 2 heterocycles. The van der Waals surface area contributed by atoms with Crippen LogP contribution in [-0.2, 0) is 4.79 Å². The predicted molar refractivity (Wildman–Crippen MR) is 117 cm³/mol. The van der Waals surface area contributed by atoms with Crippen molar-refractivity contribution < 1.29 is 9.18 Å². The van der Waals surface area contributed by atoms with Crippen LogP contribution in [0.25, 0.3) is 5.57 Å². The smallest absolute Gasteiger partial charge is 0.286 e. The lowest BCUT2D eigenvalue weighted by Crippen LogP contribution is -2.48. The molecular formula is C21H19BrFN3OS. The highest BCUT2D eigenvalue weighted by molar-refractivity contribution is 9.10. The summed E-state index contributed by atoms with van der Waals surface area (Å²) in [7, 11) is 0. The van der Waals surface area contributed by atoms with E-state index in [1.165, 1.54) is 17.8 Å². The second kappa shape index (κ2) is 8.09. The number of para-hydroxylation sites is 1. The van der Waals surface area contributed by atoms with E-state index in [4.69, 9.17) is 0 Å². The molecule has 1 amide bonds. The second-order valence-electron chi connectivity index (χ2n) is 6.69. The van der Waals surface area contributed by atoms with E-state index in [0.29, 0.717) is 36.8 Å². The average molecular weight is 460 g/mol. The molecule has 0 aromatic heterocycles. The minimum Gasteiger partial charge on any atom is -0.366 e. The summed E-state index contributed by atoms with van der Waals surface area (Å²) in [6.07, 6.45) is 0. The summed E-state index contributed by atoms with van der Waals surface area (Å²) in [5.41, 5.74) is 2.58. The molecule has 0 N–H and O–H groups in total. The van der Waals surface area contributed by atoms with Gasteiger partial charge in [0.25, 0.3) is 5.91 Å². The van der Waals surface area contributed by atoms with Crippen molar-refractivity contribution in [1.29, 1.82) is 0 Å². The monoisotopic (exact) mass is 459 g/mol. The molecule has 4 rings (SSSR count). The number of amidine groups is 1. The first-order valence-electron chi connectivity index (χ1n) is 9.05. The highest BCUT2D eigenvalue weighted by atomic mass is 79.9. The van der Waals surface area contributed by atoms with E-state index in [-0.39, 0.29) is 11.7 Å². The van der Waals surface area contributed by atoms with Crippen molar-refractivity contribution in [3.8, 4) is 0 Å². The van der Waals surface area contributed by atoms with E-state index in [9.17, 15) is 9.18 Å². The highest BCUT2D eigenvalue weighted by Gasteiger charge is 2.30. The first-order chi connectivity index (χ1) is 13.5. The third kappa shape index (κ3) is 3.86. The summed E-state index contributed by atoms with van der Waals surface area (Å²) in [6.45, 7) is 4.76. The summed E-state index contributed by atoms with van der Waals surface area (Å²) in [5.74, 6) is -0.383. The van der Waals surface area contributed by atoms with Crippen molar-refractivity contribution in [2.24, 2.45) is 4.99 Å². The Kier molecular flexibility index (Phi) is 5.55. The Balaban J connectivity index is 1.45. The van der Waals surface area contributed by atoms with E-state index in [1.54, 1.807) is 12.1 Å². The van der Waals surface area contributed by atoms with Gasteiger partial charge in [0.05, 0.1) is 10.6 Å². The van der Waals surface area contributed by atoms with Crippen molar-refractivity contribution in [1.82, 2.24) is 4.90 Å². The summed E-state index contributed by atoms with van der Waals surface area (Å²) >= 11 is 4.87. The Bertz CT molecular complexity index is 966. The summed E-state index contributed by atoms with van der Waals surface area (Å²) in [5, 5.41) is 0.740. The van der Waals surface area contributed by atoms with Gasteiger partial charge < -0.3 is 9.80 Å². The zero-order valence-electron chi connectivity index (χ0n) is 15.4. The lowest BCUT2D eigenvalue weighted by Gasteiger charge is -2.36. The van der Waals surface area contributed by atoms with Crippen molar-refractivity contribution in [3.05, 3.63) is 69.3 Å². The molecule has 0 aliphatic carbocycles. The summed E-state index contributed by atoms with van der Waals surface area (Å²) < 4.78 is 15.0. The number of benzene rings is 2. The molecule has 0 atom stereocenters. The van der Waals surface area contributed by atoms with Crippen LogP contribution in [0.3, 0.4) is 0 Å². The van der Waals surface area contributed by atoms with Gasteiger partial charge in [0, 0.05) is 30.7 Å². The van der Waals surface area contributed by atoms with E-state index in [0.717, 1.165) is 20.8 Å². The molecule has 0 spiro atoms. The maximum Gasteiger partial charge on any atom is 0.286 e. The molecule has 2 aromatic carbocycles. The van der Waals surface area contributed by atoms with Crippen LogP contribution < -0.4 is 4.90 Å². The van der Waals surface area contributed by atoms with Crippen LogP contribution in [0, 0.1) is 5.82 Å². The number of rotatable bonds is 2. The maximum atomic E-state index is 14.0. The molecule has 28 heavy (non-hydrogen) atoms. The van der Waals surface area contributed by atoms with E-state index in [1.807, 2.05) is 42.2 Å². The van der Waals surface area contributed by atoms with Crippen LogP contribution in [0.4, 0.5) is 10.1 Å². The number of allylic oxidation sites excluding steroid dienone is 1. The van der Waals surface area contributed by atoms with E-state index < -0.39 is 0 Å². The molecule has 2 aliphatic rings. The lowest BCUT2D eigenvalue weighted by molar-refractivity contribution is -0.113. The van der Waals surface area contributed by atoms with Crippen molar-refractivity contribution in [3.63, 3.8) is 0 Å². The van der Waals surface area contributed by atoms with E-state index in [2.05, 4.69) is 25.8 Å². The molecule has 0 bridgehead atoms. The number of halogens is 2. The average Bonchev–Trinajstić information content (AvgIpc) is 3.10. The number of hydrogen-bond donors (Lipinski definition) is 0. The van der Waals surface area contributed by atoms with Crippen molar-refractivity contribution in [2.75, 3.05) is 31.1 Å². The summed E-state index contributed by atoms with van der Waals surface area (Å²) in [6, 6.07) is 14.8. The van der Waals surface area contributed by atoms with Crippen LogP contribution in [0.2, 0.25) is 0 Å². The van der Waals surface area contributed by atoms with Crippen molar-refractivity contribution >= 4 is 50.0 Å². The van der Waals surface area contributed by atoms with Gasteiger partial charge in [-0.3, -0.25) is 4.79 Å². The molecule has 4 nitrogen and oxygen atoms in total. The zero-order chi connectivity index (χ0) is 19.7. The molecule has 1 saturated heterocycles. The van der Waals surface area contributed by atoms with Gasteiger partial charge in [0.1, 0.15) is 5.82 Å². The molecule has 7 heteroatoms. The van der Waals surface area contributed by atoms with Crippen LogP contribution in [0.5, 0.6) is 0 Å². The zero-order valence-corrected chi connectivity index (χ0v) is 17.8. The lowest BCUT2D eigenvalue weighted by atomic mass is 10.1. The fourth-order valence-electron chi connectivity index (χ4n) is 3.35. The number of thioether (sulfide) groups is 1. The van der Waals surface area contributed by atoms with Gasteiger partial charge in [-0.2, -0.15) is 4.99 Å². The molecule has 2 aromatic rings. The van der Waals surface area contributed by atoms with Crippen LogP contribution in [0.1, 0.15) is 12.5 Å². The quantitative estimate of drug-likeness (QED) is 0.605. The van der Waals surface area contributed by atoms with Crippen LogP contribution >= 0.6 is 27.7 Å². The third-order valence-electron chi connectivity index (χ3n) is 4.95. The molecule has 0 saturated carbocycles. The maximum absolute atomic E-state index is 14.0. The van der Waals surface area contributed by atoms with Gasteiger partial charge >= 0.3 is 0 Å². The first-order valence-corrected chi connectivity index (χ1v) is 10.7. The minimum atomic E-state index is -0.200. The number of hydrogen-bond acceptors (Lipinski definition) is 4. The largest absolute Gasteiger partial charge is 0.366 e. The molecule has 144 valence electrons. The Morgan fingerprint density at radius 1 is 1.04 bits per heavy atom. The van der Waals surface area contributed by atoms with Gasteiger partial charge in [-0.1, -0.05) is 40.2 Å². The number of anilines is 1. The number of amides is 1. The van der Waals surface area contributed by atoms with E-state index >= 15 is 0 Å². The SMILES string of the molecule is C/C(=C1/SC(N2CCN(c3ccccc3F)CC2)=NC1=O)c1ccc(Br)cc1. The van der Waals surface area contributed by atoms with Crippen molar-refractivity contribution in [2.45, 2.75) is 6.92 Å². The number of piperazine rings is 1. The van der Waals surface area contributed by atoms with Gasteiger partial charge in [-0.15, -0.1) is 0 Å². The standard InChI is InChI=1S/C21H19BrFN3OS/c1-14(15-6-8-16(22)9-7-15)19-20(27)24-21(28-19)26-12-10-25(11-13-26)18-5-3-2-4-17(18)23/h2-9H,10-13H2,1H3/b19-14-. The fraction of sp³-hybridized carbons (Fsp3) is 0.238. The van der Waals surface area contributed by atoms with Crippen LogP contribution in [0.15, 0.2) is 62.9 Å². The Morgan fingerprint density at radius 2 is 1.68 bits per heavy atom. The molecule has 1 fully saturated rings. The number of aliphatic imine (C=N–C) groups is 1. The van der Waals surface area contributed by atoms with Gasteiger partial charge in [0.15, 0.2) is 5.17 Å². The number of nitrogens with zero attached hydrogens (tertiary/aromatic N) is 3. The predicted octanol–water partition coefficient (Wildman–Crippen LogP) is 4.77. The molecule has 0 radical (unpaired) electrons. The van der Waals surface area contributed by atoms with Gasteiger partial charge in [-0.25, -0.2) is 4.39 Å². The Morgan fingerprint density at radius 3 is 2.36 bits per heavy atom. The molecule has 2 aliphatic heterocycles. The summed E-state index contributed by atoms with van der Waals surface area (Å²) in [4.78, 5) is 21.6. The normalized spacial score (nSPS) is 19.1. The van der Waals surface area contributed by atoms with Gasteiger partial charge in [-0.05, 0) is 54.1 Å². The van der Waals surface area contributed by atoms with Crippen LogP contribution in [-0.4, -0.2) is 42.2 Å². The van der Waals surface area contributed by atoms with Gasteiger partial charge in [0.2, 0.25) is 0 Å². The fourth-order valence-corrected chi connectivity index (χ4v) is 4.64. The third-order valence-corrected chi connectivity index (χ3v) is 6.69. The number of carbonyl (C=O) groups excluding carboxylic acids is 1. The molecular weight excluding hydrogens is 441 g/mol. The minimum absolute atomic E-state index is 0.183. The molecule has 0 unspecified atom stereocenters. The second-order valence-corrected chi connectivity index (χ2v) is 8.58. The first kappa shape index (κ1) is 19.2.